The predicted molar refractivity (Wildman–Crippen MR) is 106 cm³/mol. The lowest BCUT2D eigenvalue weighted by atomic mass is 10.1. The topological polar surface area (TPSA) is 106 Å². The highest BCUT2D eigenvalue weighted by atomic mass is 32.2. The van der Waals surface area contributed by atoms with Crippen LogP contribution in [0.3, 0.4) is 0 Å². The van der Waals surface area contributed by atoms with Crippen LogP contribution in [0.15, 0.2) is 52.0 Å². The number of carbonyl (C=O) groups is 2. The van der Waals surface area contributed by atoms with Gasteiger partial charge in [-0.3, -0.25) is 9.59 Å². The Balaban J connectivity index is 2.13. The van der Waals surface area contributed by atoms with Gasteiger partial charge < -0.3 is 14.5 Å². The van der Waals surface area contributed by atoms with Crippen LogP contribution in [0.4, 0.5) is 0 Å². The van der Waals surface area contributed by atoms with Crippen molar-refractivity contribution in [2.45, 2.75) is 44.7 Å². The molecular formula is C20H26N2O6S. The molecule has 0 atom stereocenters. The normalized spacial score (nSPS) is 12.0. The van der Waals surface area contributed by atoms with E-state index < -0.39 is 40.6 Å². The number of amides is 1. The van der Waals surface area contributed by atoms with E-state index in [1.807, 2.05) is 6.92 Å². The molecule has 0 aliphatic rings. The summed E-state index contributed by atoms with van der Waals surface area (Å²) in [6.07, 6.45) is 1.42. The van der Waals surface area contributed by atoms with Crippen molar-refractivity contribution >= 4 is 21.9 Å². The molecule has 158 valence electrons. The van der Waals surface area contributed by atoms with Crippen LogP contribution in [0.2, 0.25) is 0 Å². The fourth-order valence-electron chi connectivity index (χ4n) is 2.45. The zero-order valence-electron chi connectivity index (χ0n) is 17.0. The maximum atomic E-state index is 13.0. The Kier molecular flexibility index (Phi) is 7.21. The Hall–Kier alpha value is -2.65. The van der Waals surface area contributed by atoms with E-state index in [4.69, 9.17) is 9.15 Å². The predicted octanol–water partition coefficient (Wildman–Crippen LogP) is 2.24. The average molecular weight is 423 g/mol. The summed E-state index contributed by atoms with van der Waals surface area (Å²) in [6.45, 7) is 6.04. The maximum Gasteiger partial charge on any atom is 0.321 e. The first-order valence-corrected chi connectivity index (χ1v) is 10.5. The zero-order valence-corrected chi connectivity index (χ0v) is 17.8. The van der Waals surface area contributed by atoms with Gasteiger partial charge in [0.15, 0.2) is 6.61 Å². The number of carbonyl (C=O) groups excluding carboxylic acids is 2. The lowest BCUT2D eigenvalue weighted by Crippen LogP contribution is -2.43. The summed E-state index contributed by atoms with van der Waals surface area (Å²) in [5.41, 5.74) is 0.439. The highest BCUT2D eigenvalue weighted by molar-refractivity contribution is 7.89. The fourth-order valence-corrected chi connectivity index (χ4v) is 3.80. The lowest BCUT2D eigenvalue weighted by Gasteiger charge is -2.22. The van der Waals surface area contributed by atoms with Crippen LogP contribution < -0.4 is 5.32 Å². The largest absolute Gasteiger partial charge is 0.468 e. The van der Waals surface area contributed by atoms with Gasteiger partial charge >= 0.3 is 5.97 Å². The molecule has 0 aliphatic carbocycles. The minimum atomic E-state index is -3.98. The van der Waals surface area contributed by atoms with Crippen LogP contribution in [-0.2, 0) is 30.9 Å². The van der Waals surface area contributed by atoms with Crippen LogP contribution in [0.5, 0.6) is 0 Å². The van der Waals surface area contributed by atoms with E-state index in [-0.39, 0.29) is 11.4 Å². The lowest BCUT2D eigenvalue weighted by molar-refractivity contribution is -0.149. The SMILES string of the molecule is Cc1ccc(S(=O)(=O)N(CC(=O)OCC(=O)NC(C)(C)C)Cc2ccco2)cc1. The molecule has 1 aromatic heterocycles. The van der Waals surface area contributed by atoms with Crippen LogP contribution in [0, 0.1) is 6.92 Å². The molecule has 1 amide bonds. The Morgan fingerprint density at radius 1 is 1.14 bits per heavy atom. The fraction of sp³-hybridized carbons (Fsp3) is 0.400. The van der Waals surface area contributed by atoms with Gasteiger partial charge in [-0.1, -0.05) is 17.7 Å². The highest BCUT2D eigenvalue weighted by Crippen LogP contribution is 2.19. The van der Waals surface area contributed by atoms with Gasteiger partial charge in [-0.05, 0) is 52.0 Å². The molecule has 0 radical (unpaired) electrons. The third-order valence-corrected chi connectivity index (χ3v) is 5.56. The first-order chi connectivity index (χ1) is 13.5. The van der Waals surface area contributed by atoms with Gasteiger partial charge in [-0.15, -0.1) is 0 Å². The molecule has 8 nitrogen and oxygen atoms in total. The van der Waals surface area contributed by atoms with Crippen molar-refractivity contribution < 1.29 is 27.2 Å². The summed E-state index contributed by atoms with van der Waals surface area (Å²) in [5.74, 6) is -0.930. The highest BCUT2D eigenvalue weighted by Gasteiger charge is 2.28. The smallest absolute Gasteiger partial charge is 0.321 e. The number of aryl methyl sites for hydroxylation is 1. The maximum absolute atomic E-state index is 13.0. The molecule has 0 bridgehead atoms. The second-order valence-electron chi connectivity index (χ2n) is 7.62. The van der Waals surface area contributed by atoms with Crippen molar-refractivity contribution in [3.05, 3.63) is 54.0 Å². The number of benzene rings is 1. The standard InChI is InChI=1S/C20H26N2O6S/c1-15-7-9-17(10-8-15)29(25,26)22(12-16-6-5-11-27-16)13-19(24)28-14-18(23)21-20(2,3)4/h5-11H,12-14H2,1-4H3,(H,21,23). The van der Waals surface area contributed by atoms with Gasteiger partial charge in [0.05, 0.1) is 17.7 Å². The van der Waals surface area contributed by atoms with Gasteiger partial charge in [0.25, 0.3) is 5.91 Å². The summed E-state index contributed by atoms with van der Waals surface area (Å²) in [7, 11) is -3.98. The van der Waals surface area contributed by atoms with E-state index in [1.165, 1.54) is 18.4 Å². The number of sulfonamides is 1. The third kappa shape index (κ3) is 7.03. The van der Waals surface area contributed by atoms with E-state index in [2.05, 4.69) is 5.32 Å². The minimum Gasteiger partial charge on any atom is -0.468 e. The summed E-state index contributed by atoms with van der Waals surface area (Å²) in [4.78, 5) is 24.1. The molecule has 1 N–H and O–H groups in total. The monoisotopic (exact) mass is 422 g/mol. The molecule has 1 heterocycles. The third-order valence-electron chi connectivity index (χ3n) is 3.76. The van der Waals surface area contributed by atoms with Crippen molar-refractivity contribution in [1.29, 1.82) is 0 Å². The molecular weight excluding hydrogens is 396 g/mol. The van der Waals surface area contributed by atoms with Crippen LogP contribution in [0.1, 0.15) is 32.1 Å². The first-order valence-electron chi connectivity index (χ1n) is 9.03. The molecule has 9 heteroatoms. The number of nitrogens with zero attached hydrogens (tertiary/aromatic N) is 1. The number of rotatable bonds is 8. The number of hydrogen-bond donors (Lipinski definition) is 1. The average Bonchev–Trinajstić information content (AvgIpc) is 3.11. The Bertz CT molecular complexity index is 928. The second-order valence-corrected chi connectivity index (χ2v) is 9.56. The zero-order chi connectivity index (χ0) is 21.7. The molecule has 2 aromatic rings. The molecule has 0 fully saturated rings. The van der Waals surface area contributed by atoms with Gasteiger partial charge in [0.2, 0.25) is 10.0 Å². The molecule has 0 spiro atoms. The van der Waals surface area contributed by atoms with Gasteiger partial charge in [0.1, 0.15) is 12.3 Å². The quantitative estimate of drug-likeness (QED) is 0.654. The number of esters is 1. The van der Waals surface area contributed by atoms with E-state index in [0.717, 1.165) is 9.87 Å². The van der Waals surface area contributed by atoms with Crippen LogP contribution in [-0.4, -0.2) is 43.3 Å². The number of hydrogen-bond acceptors (Lipinski definition) is 6. The van der Waals surface area contributed by atoms with Crippen molar-refractivity contribution in [3.8, 4) is 0 Å². The van der Waals surface area contributed by atoms with Crippen molar-refractivity contribution in [1.82, 2.24) is 9.62 Å². The molecule has 29 heavy (non-hydrogen) atoms. The number of ether oxygens (including phenoxy) is 1. The summed E-state index contributed by atoms with van der Waals surface area (Å²) >= 11 is 0. The van der Waals surface area contributed by atoms with E-state index in [9.17, 15) is 18.0 Å². The Morgan fingerprint density at radius 2 is 1.79 bits per heavy atom. The molecule has 2 rings (SSSR count). The second kappa shape index (κ2) is 9.23. The molecule has 0 unspecified atom stereocenters. The summed E-state index contributed by atoms with van der Waals surface area (Å²) in [5, 5.41) is 2.66. The molecule has 1 aromatic carbocycles. The molecule has 0 aliphatic heterocycles. The molecule has 0 saturated heterocycles. The van der Waals surface area contributed by atoms with Crippen molar-refractivity contribution in [3.63, 3.8) is 0 Å². The van der Waals surface area contributed by atoms with Crippen LogP contribution in [0.25, 0.3) is 0 Å². The van der Waals surface area contributed by atoms with E-state index in [0.29, 0.717) is 5.76 Å². The number of furan rings is 1. The van der Waals surface area contributed by atoms with Gasteiger partial charge in [0, 0.05) is 5.54 Å². The Labute approximate surface area is 170 Å². The summed E-state index contributed by atoms with van der Waals surface area (Å²) in [6, 6.07) is 9.53. The van der Waals surface area contributed by atoms with E-state index >= 15 is 0 Å². The minimum absolute atomic E-state index is 0.0490. The summed E-state index contributed by atoms with van der Waals surface area (Å²) < 4.78 is 37.2. The number of nitrogens with one attached hydrogen (secondary N) is 1. The first kappa shape index (κ1) is 22.6. The van der Waals surface area contributed by atoms with E-state index in [1.54, 1.807) is 45.0 Å². The van der Waals surface area contributed by atoms with Gasteiger partial charge in [-0.25, -0.2) is 8.42 Å². The van der Waals surface area contributed by atoms with Crippen molar-refractivity contribution in [2.75, 3.05) is 13.2 Å². The van der Waals surface area contributed by atoms with Gasteiger partial charge in [-0.2, -0.15) is 4.31 Å². The molecule has 0 saturated carbocycles. The van der Waals surface area contributed by atoms with Crippen molar-refractivity contribution in [2.24, 2.45) is 0 Å². The Morgan fingerprint density at radius 3 is 2.34 bits per heavy atom. The van der Waals surface area contributed by atoms with Crippen LogP contribution >= 0.6 is 0 Å².